The fraction of sp³-hybridized carbons (Fsp3) is 0.722. The average Bonchev–Trinajstić information content (AvgIpc) is 3.22. The van der Waals surface area contributed by atoms with Crippen molar-refractivity contribution in [1.29, 1.82) is 0 Å². The molecule has 0 fully saturated rings. The molecule has 0 saturated heterocycles. The standard InChI is InChI=1S/C36H64O3.C18H30O2/c1-3-5-7-9-11-13-15-17-19-21-23-25-27-29-31-33-35(37)39-36(38)34-32-30-28-26-24-22-20-18-16-14-12-10-8-6-4-2;1-2-3-4-5-6-7-8-9-10-11-12-13-14-15-16-17-18(19)20/h11,13,17-20H,3-10,12,14-16,21-34H2,1-2H3;3-4,6-7,9-10H,2,5,8,11-17H2,1H3,(H,19,20)/b13-11-,19-17-,20-18-;4-3-,7-6-,10-9-. The van der Waals surface area contributed by atoms with Gasteiger partial charge in [-0.3, -0.25) is 14.4 Å². The molecule has 59 heavy (non-hydrogen) atoms. The molecule has 0 heterocycles. The molecule has 0 radical (unpaired) electrons. The molecule has 5 nitrogen and oxygen atoms in total. The van der Waals surface area contributed by atoms with Crippen LogP contribution < -0.4 is 0 Å². The normalized spacial score (nSPS) is 11.9. The Balaban J connectivity index is 0. The van der Waals surface area contributed by atoms with E-state index in [-0.39, 0.29) is 11.9 Å². The van der Waals surface area contributed by atoms with Crippen LogP contribution in [0.4, 0.5) is 0 Å². The van der Waals surface area contributed by atoms with Gasteiger partial charge in [0.2, 0.25) is 0 Å². The van der Waals surface area contributed by atoms with Crippen LogP contribution in [-0.2, 0) is 19.1 Å². The highest BCUT2D eigenvalue weighted by molar-refractivity contribution is 5.85. The smallest absolute Gasteiger partial charge is 0.313 e. The molecule has 0 aromatic rings. The van der Waals surface area contributed by atoms with Gasteiger partial charge in [0.05, 0.1) is 0 Å². The van der Waals surface area contributed by atoms with Crippen LogP contribution in [0, 0.1) is 0 Å². The predicted molar refractivity (Wildman–Crippen MR) is 257 cm³/mol. The number of carbonyl (C=O) groups is 3. The molecule has 0 saturated carbocycles. The highest BCUT2D eigenvalue weighted by Crippen LogP contribution is 2.13. The molecule has 0 rings (SSSR count). The van der Waals surface area contributed by atoms with Crippen LogP contribution in [0.5, 0.6) is 0 Å². The second kappa shape index (κ2) is 53.1. The summed E-state index contributed by atoms with van der Waals surface area (Å²) in [5, 5.41) is 8.50. The molecule has 0 spiro atoms. The third kappa shape index (κ3) is 57.2. The summed E-state index contributed by atoms with van der Waals surface area (Å²) >= 11 is 0. The second-order valence-corrected chi connectivity index (χ2v) is 16.2. The van der Waals surface area contributed by atoms with Gasteiger partial charge in [-0.05, 0) is 109 Å². The zero-order chi connectivity index (χ0) is 43.4. The zero-order valence-electron chi connectivity index (χ0n) is 39.0. The molecule has 340 valence electrons. The molecule has 0 amide bonds. The quantitative estimate of drug-likeness (QED) is 0.0287. The number of unbranched alkanes of at least 4 members (excludes halogenated alkanes) is 24. The Kier molecular flexibility index (Phi) is 52.3. The van der Waals surface area contributed by atoms with Crippen LogP contribution in [0.15, 0.2) is 72.9 Å². The Morgan fingerprint density at radius 1 is 0.339 bits per heavy atom. The first kappa shape index (κ1) is 58.1. The van der Waals surface area contributed by atoms with Crippen molar-refractivity contribution in [2.45, 2.75) is 252 Å². The first-order chi connectivity index (χ1) is 29.0. The van der Waals surface area contributed by atoms with Crippen molar-refractivity contribution >= 4 is 17.9 Å². The van der Waals surface area contributed by atoms with Gasteiger partial charge < -0.3 is 9.84 Å². The van der Waals surface area contributed by atoms with E-state index in [4.69, 9.17) is 9.84 Å². The highest BCUT2D eigenvalue weighted by atomic mass is 16.6. The maximum Gasteiger partial charge on any atom is 0.313 e. The summed E-state index contributed by atoms with van der Waals surface area (Å²) in [5.41, 5.74) is 0. The minimum Gasteiger partial charge on any atom is -0.481 e. The molecule has 0 aliphatic carbocycles. The van der Waals surface area contributed by atoms with Crippen molar-refractivity contribution in [3.63, 3.8) is 0 Å². The number of allylic oxidation sites excluding steroid dienone is 12. The van der Waals surface area contributed by atoms with Crippen molar-refractivity contribution in [3.8, 4) is 0 Å². The number of carbonyl (C=O) groups excluding carboxylic acids is 2. The summed E-state index contributed by atoms with van der Waals surface area (Å²) in [7, 11) is 0. The topological polar surface area (TPSA) is 80.7 Å². The summed E-state index contributed by atoms with van der Waals surface area (Å²) in [6, 6.07) is 0. The van der Waals surface area contributed by atoms with Gasteiger partial charge in [0, 0.05) is 19.3 Å². The molecule has 5 heteroatoms. The molecular weight excluding hydrogens is 729 g/mol. The number of ether oxygens (including phenoxy) is 1. The van der Waals surface area contributed by atoms with Crippen molar-refractivity contribution in [2.24, 2.45) is 0 Å². The minimum atomic E-state index is -0.675. The van der Waals surface area contributed by atoms with E-state index < -0.39 is 5.97 Å². The van der Waals surface area contributed by atoms with E-state index in [0.717, 1.165) is 96.3 Å². The van der Waals surface area contributed by atoms with Gasteiger partial charge in [0.25, 0.3) is 0 Å². The van der Waals surface area contributed by atoms with E-state index in [0.29, 0.717) is 19.3 Å². The molecule has 0 unspecified atom stereocenters. The number of esters is 2. The average molecular weight is 823 g/mol. The third-order valence-corrected chi connectivity index (χ3v) is 10.2. The summed E-state index contributed by atoms with van der Waals surface area (Å²) in [6.07, 6.45) is 66.6. The van der Waals surface area contributed by atoms with Crippen LogP contribution in [-0.4, -0.2) is 23.0 Å². The maximum absolute atomic E-state index is 11.9. The molecule has 0 aliphatic heterocycles. The van der Waals surface area contributed by atoms with E-state index >= 15 is 0 Å². The molecule has 1 N–H and O–H groups in total. The number of hydrogen-bond acceptors (Lipinski definition) is 4. The Labute approximate surface area is 365 Å². The van der Waals surface area contributed by atoms with Gasteiger partial charge in [-0.15, -0.1) is 0 Å². The predicted octanol–water partition coefficient (Wildman–Crippen LogP) is 17.6. The van der Waals surface area contributed by atoms with E-state index in [1.54, 1.807) is 0 Å². The van der Waals surface area contributed by atoms with Crippen LogP contribution in [0.25, 0.3) is 0 Å². The number of rotatable bonds is 42. The lowest BCUT2D eigenvalue weighted by Crippen LogP contribution is -2.11. The Bertz CT molecular complexity index is 1080. The summed E-state index contributed by atoms with van der Waals surface area (Å²) in [6.45, 7) is 6.65. The molecule has 0 atom stereocenters. The van der Waals surface area contributed by atoms with Gasteiger partial charge in [-0.1, -0.05) is 196 Å². The largest absolute Gasteiger partial charge is 0.481 e. The Morgan fingerprint density at radius 2 is 0.610 bits per heavy atom. The van der Waals surface area contributed by atoms with Crippen molar-refractivity contribution < 1.29 is 24.2 Å². The van der Waals surface area contributed by atoms with Crippen molar-refractivity contribution in [3.05, 3.63) is 72.9 Å². The molecule has 0 aliphatic rings. The number of carboxylic acid groups (broad SMARTS) is 1. The van der Waals surface area contributed by atoms with Gasteiger partial charge in [-0.25, -0.2) is 0 Å². The lowest BCUT2D eigenvalue weighted by molar-refractivity contribution is -0.159. The lowest BCUT2D eigenvalue weighted by atomic mass is 10.1. The number of hydrogen-bond donors (Lipinski definition) is 1. The summed E-state index contributed by atoms with van der Waals surface area (Å²) in [5.74, 6) is -1.37. The third-order valence-electron chi connectivity index (χ3n) is 10.2. The highest BCUT2D eigenvalue weighted by Gasteiger charge is 2.09. The second-order valence-electron chi connectivity index (χ2n) is 16.2. The summed E-state index contributed by atoms with van der Waals surface area (Å²) < 4.78 is 4.99. The minimum absolute atomic E-state index is 0.319. The van der Waals surface area contributed by atoms with Crippen LogP contribution in [0.3, 0.4) is 0 Å². The molecule has 0 aromatic carbocycles. The van der Waals surface area contributed by atoms with Crippen LogP contribution in [0.1, 0.15) is 252 Å². The van der Waals surface area contributed by atoms with Crippen molar-refractivity contribution in [2.75, 3.05) is 0 Å². The Hall–Kier alpha value is -2.95. The Morgan fingerprint density at radius 3 is 0.983 bits per heavy atom. The SMILES string of the molecule is CC/C=C\C/C=C\C/C=C\CCCCCCCC(=O)O.CCCCC/C=C\C/C=C\CCCCCCCC(=O)OC(=O)CCCCCCC/C=C\CCCCCCCC. The van der Waals surface area contributed by atoms with Gasteiger partial charge in [0.15, 0.2) is 0 Å². The molecule has 0 bridgehead atoms. The first-order valence-corrected chi connectivity index (χ1v) is 24.8. The fourth-order valence-electron chi connectivity index (χ4n) is 6.55. The molecular formula is C54H94O5. The van der Waals surface area contributed by atoms with E-state index in [1.807, 2.05) is 0 Å². The fourth-order valence-corrected chi connectivity index (χ4v) is 6.55. The van der Waals surface area contributed by atoms with Crippen molar-refractivity contribution in [1.82, 2.24) is 0 Å². The maximum atomic E-state index is 11.9. The first-order valence-electron chi connectivity index (χ1n) is 24.8. The van der Waals surface area contributed by atoms with Crippen LogP contribution >= 0.6 is 0 Å². The van der Waals surface area contributed by atoms with E-state index in [9.17, 15) is 14.4 Å². The van der Waals surface area contributed by atoms with E-state index in [2.05, 4.69) is 93.7 Å². The molecule has 0 aromatic heterocycles. The van der Waals surface area contributed by atoms with Gasteiger partial charge in [0.1, 0.15) is 0 Å². The lowest BCUT2D eigenvalue weighted by Gasteiger charge is -2.04. The van der Waals surface area contributed by atoms with Gasteiger partial charge in [-0.2, -0.15) is 0 Å². The van der Waals surface area contributed by atoms with Gasteiger partial charge >= 0.3 is 17.9 Å². The summed E-state index contributed by atoms with van der Waals surface area (Å²) in [4.78, 5) is 34.1. The number of carboxylic acids is 1. The monoisotopic (exact) mass is 823 g/mol. The zero-order valence-corrected chi connectivity index (χ0v) is 39.0. The van der Waals surface area contributed by atoms with E-state index in [1.165, 1.54) is 116 Å². The van der Waals surface area contributed by atoms with Crippen LogP contribution in [0.2, 0.25) is 0 Å². The number of aliphatic carboxylic acids is 1.